The van der Waals surface area contributed by atoms with Gasteiger partial charge in [0.15, 0.2) is 0 Å². The lowest BCUT2D eigenvalue weighted by Crippen LogP contribution is -2.44. The summed E-state index contributed by atoms with van der Waals surface area (Å²) in [5, 5.41) is 14.6. The number of aliphatic carboxylic acids is 1. The average Bonchev–Trinajstić information content (AvgIpc) is 2.44. The lowest BCUT2D eigenvalue weighted by molar-refractivity contribution is -0.141. The summed E-state index contributed by atoms with van der Waals surface area (Å²) in [5.74, 6) is -0.525. The number of hydrogen-bond acceptors (Lipinski definition) is 2. The molecule has 2 unspecified atom stereocenters. The molecule has 2 atom stereocenters. The van der Waals surface area contributed by atoms with E-state index in [2.05, 4.69) is 17.6 Å². The third kappa shape index (κ3) is 6.26. The van der Waals surface area contributed by atoms with Crippen LogP contribution in [0.1, 0.15) is 58.8 Å². The minimum absolute atomic E-state index is 0.133. The Bertz CT molecular complexity index is 314. The van der Waals surface area contributed by atoms with E-state index in [9.17, 15) is 9.59 Å². The van der Waals surface area contributed by atoms with E-state index >= 15 is 0 Å². The maximum atomic E-state index is 11.7. The maximum Gasteiger partial charge on any atom is 0.315 e. The normalized spacial score (nSPS) is 19.1. The van der Waals surface area contributed by atoms with Crippen molar-refractivity contribution in [2.24, 2.45) is 11.8 Å². The fourth-order valence-electron chi connectivity index (χ4n) is 2.74. The van der Waals surface area contributed by atoms with E-state index in [0.717, 1.165) is 0 Å². The molecule has 5 heteroatoms. The molecule has 1 aliphatic carbocycles. The minimum atomic E-state index is -0.777. The van der Waals surface area contributed by atoms with Crippen LogP contribution in [0.5, 0.6) is 0 Å². The fraction of sp³-hybridized carbons (Fsp3) is 0.867. The first kappa shape index (κ1) is 16.8. The first-order valence-corrected chi connectivity index (χ1v) is 7.78. The number of hydrogen-bond donors (Lipinski definition) is 3. The van der Waals surface area contributed by atoms with Crippen LogP contribution >= 0.6 is 0 Å². The minimum Gasteiger partial charge on any atom is -0.481 e. The van der Waals surface area contributed by atoms with Crippen LogP contribution in [-0.2, 0) is 4.79 Å². The van der Waals surface area contributed by atoms with Gasteiger partial charge in [0.05, 0.1) is 5.92 Å². The van der Waals surface area contributed by atoms with E-state index in [-0.39, 0.29) is 18.0 Å². The second-order valence-corrected chi connectivity index (χ2v) is 5.97. The van der Waals surface area contributed by atoms with E-state index in [0.29, 0.717) is 25.3 Å². The van der Waals surface area contributed by atoms with Crippen LogP contribution in [0.3, 0.4) is 0 Å². The van der Waals surface area contributed by atoms with Crippen molar-refractivity contribution < 1.29 is 14.7 Å². The summed E-state index contributed by atoms with van der Waals surface area (Å²) in [6.07, 6.45) is 7.55. The van der Waals surface area contributed by atoms with Crippen LogP contribution in [0.4, 0.5) is 4.79 Å². The second-order valence-electron chi connectivity index (χ2n) is 5.97. The van der Waals surface area contributed by atoms with Gasteiger partial charge >= 0.3 is 12.0 Å². The number of carbonyl (C=O) groups excluding carboxylic acids is 1. The second kappa shape index (κ2) is 8.82. The lowest BCUT2D eigenvalue weighted by Gasteiger charge is -2.28. The summed E-state index contributed by atoms with van der Waals surface area (Å²) in [7, 11) is 0. The number of carboxylic acid groups (broad SMARTS) is 1. The van der Waals surface area contributed by atoms with E-state index in [1.807, 2.05) is 0 Å². The molecule has 0 aromatic carbocycles. The van der Waals surface area contributed by atoms with Gasteiger partial charge in [0.2, 0.25) is 0 Å². The highest BCUT2D eigenvalue weighted by Crippen LogP contribution is 2.26. The molecule has 0 heterocycles. The van der Waals surface area contributed by atoms with Gasteiger partial charge in [0.25, 0.3) is 0 Å². The summed E-state index contributed by atoms with van der Waals surface area (Å²) in [5.41, 5.74) is 0. The number of nitrogens with one attached hydrogen (secondary N) is 2. The average molecular weight is 284 g/mol. The molecule has 20 heavy (non-hydrogen) atoms. The molecule has 0 bridgehead atoms. The van der Waals surface area contributed by atoms with Gasteiger partial charge in [-0.15, -0.1) is 0 Å². The SMILES string of the molecule is CC(CCCNC(=O)NC(C)C1CCCCC1)C(=O)O. The monoisotopic (exact) mass is 284 g/mol. The first-order chi connectivity index (χ1) is 9.50. The predicted octanol–water partition coefficient (Wildman–Crippen LogP) is 2.76. The Balaban J connectivity index is 2.11. The van der Waals surface area contributed by atoms with Crippen molar-refractivity contribution in [2.45, 2.75) is 64.8 Å². The third-order valence-electron chi connectivity index (χ3n) is 4.24. The van der Waals surface area contributed by atoms with Gasteiger partial charge in [-0.2, -0.15) is 0 Å². The Kier molecular flexibility index (Phi) is 7.41. The number of carboxylic acids is 1. The van der Waals surface area contributed by atoms with Crippen LogP contribution in [0, 0.1) is 11.8 Å². The van der Waals surface area contributed by atoms with Crippen molar-refractivity contribution in [1.82, 2.24) is 10.6 Å². The van der Waals surface area contributed by atoms with Crippen molar-refractivity contribution in [3.63, 3.8) is 0 Å². The molecule has 5 nitrogen and oxygen atoms in total. The van der Waals surface area contributed by atoms with Crippen LogP contribution in [-0.4, -0.2) is 29.7 Å². The first-order valence-electron chi connectivity index (χ1n) is 7.78. The Morgan fingerprint density at radius 1 is 1.20 bits per heavy atom. The smallest absolute Gasteiger partial charge is 0.315 e. The molecule has 0 saturated heterocycles. The molecule has 2 amide bonds. The zero-order valence-corrected chi connectivity index (χ0v) is 12.7. The van der Waals surface area contributed by atoms with E-state index < -0.39 is 5.97 Å². The van der Waals surface area contributed by atoms with Crippen molar-refractivity contribution in [3.05, 3.63) is 0 Å². The highest BCUT2D eigenvalue weighted by molar-refractivity contribution is 5.74. The lowest BCUT2D eigenvalue weighted by atomic mass is 9.85. The summed E-state index contributed by atoms with van der Waals surface area (Å²) < 4.78 is 0. The molecule has 1 aliphatic rings. The van der Waals surface area contributed by atoms with Crippen molar-refractivity contribution in [2.75, 3.05) is 6.54 Å². The van der Waals surface area contributed by atoms with Gasteiger partial charge in [0, 0.05) is 12.6 Å². The van der Waals surface area contributed by atoms with Crippen LogP contribution in [0.15, 0.2) is 0 Å². The third-order valence-corrected chi connectivity index (χ3v) is 4.24. The molecular formula is C15H28N2O3. The highest BCUT2D eigenvalue weighted by atomic mass is 16.4. The molecule has 0 aromatic heterocycles. The van der Waals surface area contributed by atoms with Crippen molar-refractivity contribution in [3.8, 4) is 0 Å². The Morgan fingerprint density at radius 2 is 1.85 bits per heavy atom. The molecule has 1 fully saturated rings. The van der Waals surface area contributed by atoms with Gasteiger partial charge in [-0.25, -0.2) is 4.79 Å². The zero-order valence-electron chi connectivity index (χ0n) is 12.7. The topological polar surface area (TPSA) is 78.4 Å². The van der Waals surface area contributed by atoms with E-state index in [4.69, 9.17) is 5.11 Å². The van der Waals surface area contributed by atoms with Gasteiger partial charge in [0.1, 0.15) is 0 Å². The van der Waals surface area contributed by atoms with Gasteiger partial charge in [-0.3, -0.25) is 4.79 Å². The van der Waals surface area contributed by atoms with Gasteiger partial charge in [-0.05, 0) is 38.5 Å². The van der Waals surface area contributed by atoms with Gasteiger partial charge < -0.3 is 15.7 Å². The predicted molar refractivity (Wildman–Crippen MR) is 78.6 cm³/mol. The molecule has 0 aliphatic heterocycles. The van der Waals surface area contributed by atoms with E-state index in [1.54, 1.807) is 6.92 Å². The summed E-state index contributed by atoms with van der Waals surface area (Å²) >= 11 is 0. The van der Waals surface area contributed by atoms with Crippen LogP contribution in [0.2, 0.25) is 0 Å². The van der Waals surface area contributed by atoms with Crippen molar-refractivity contribution >= 4 is 12.0 Å². The zero-order chi connectivity index (χ0) is 15.0. The standard InChI is InChI=1S/C15H28N2O3/c1-11(14(18)19)7-6-10-16-15(20)17-12(2)13-8-4-3-5-9-13/h11-13H,3-10H2,1-2H3,(H,18,19)(H2,16,17,20). The Labute approximate surface area is 121 Å². The number of rotatable bonds is 7. The molecule has 0 spiro atoms. The molecule has 1 rings (SSSR count). The molecular weight excluding hydrogens is 256 g/mol. The Hall–Kier alpha value is -1.26. The molecule has 116 valence electrons. The largest absolute Gasteiger partial charge is 0.481 e. The molecule has 0 aromatic rings. The quantitative estimate of drug-likeness (QED) is 0.629. The van der Waals surface area contributed by atoms with E-state index in [1.165, 1.54) is 32.1 Å². The molecule has 3 N–H and O–H groups in total. The summed E-state index contributed by atoms with van der Waals surface area (Å²) in [6.45, 7) is 4.29. The number of carbonyl (C=O) groups is 2. The Morgan fingerprint density at radius 3 is 2.45 bits per heavy atom. The number of urea groups is 1. The van der Waals surface area contributed by atoms with Crippen molar-refractivity contribution in [1.29, 1.82) is 0 Å². The highest BCUT2D eigenvalue weighted by Gasteiger charge is 2.21. The van der Waals surface area contributed by atoms with Gasteiger partial charge in [-0.1, -0.05) is 26.2 Å². The van der Waals surface area contributed by atoms with Crippen LogP contribution < -0.4 is 10.6 Å². The molecule has 0 radical (unpaired) electrons. The summed E-state index contributed by atoms with van der Waals surface area (Å²) in [4.78, 5) is 22.4. The summed E-state index contributed by atoms with van der Waals surface area (Å²) in [6, 6.07) is 0.0827. The molecule has 1 saturated carbocycles. The maximum absolute atomic E-state index is 11.7. The van der Waals surface area contributed by atoms with Crippen LogP contribution in [0.25, 0.3) is 0 Å². The number of amides is 2. The fourth-order valence-corrected chi connectivity index (χ4v) is 2.74.